The molecule has 96 valence electrons. The van der Waals surface area contributed by atoms with Gasteiger partial charge in [-0.3, -0.25) is 4.98 Å². The van der Waals surface area contributed by atoms with Crippen LogP contribution in [0.2, 0.25) is 0 Å². The first kappa shape index (κ1) is 11.8. The van der Waals surface area contributed by atoms with E-state index in [-0.39, 0.29) is 6.04 Å². The van der Waals surface area contributed by atoms with E-state index in [2.05, 4.69) is 32.3 Å². The number of nitrogens with zero attached hydrogens (tertiary/aromatic N) is 5. The standard InChI is InChI=1S/C12H12N6S/c1-9(11-5-13-8-19-11)17-10-3-2-4-15-12(10)18-7-14-6-16-18/h2-9,17H,1H3. The van der Waals surface area contributed by atoms with Gasteiger partial charge in [-0.05, 0) is 19.1 Å². The minimum atomic E-state index is 0.166. The Morgan fingerprint density at radius 2 is 2.32 bits per heavy atom. The first-order valence-corrected chi connectivity index (χ1v) is 6.67. The van der Waals surface area contributed by atoms with Crippen molar-refractivity contribution in [2.24, 2.45) is 0 Å². The molecule has 7 heteroatoms. The lowest BCUT2D eigenvalue weighted by Gasteiger charge is -2.15. The normalized spacial score (nSPS) is 12.3. The summed E-state index contributed by atoms with van der Waals surface area (Å²) in [6.45, 7) is 2.09. The monoisotopic (exact) mass is 272 g/mol. The lowest BCUT2D eigenvalue weighted by atomic mass is 10.2. The quantitative estimate of drug-likeness (QED) is 0.789. The van der Waals surface area contributed by atoms with Gasteiger partial charge < -0.3 is 5.32 Å². The molecule has 1 atom stereocenters. The molecule has 3 heterocycles. The van der Waals surface area contributed by atoms with Crippen molar-refractivity contribution in [2.75, 3.05) is 5.32 Å². The van der Waals surface area contributed by atoms with E-state index in [0.717, 1.165) is 11.5 Å². The molecular weight excluding hydrogens is 260 g/mol. The molecule has 0 bridgehead atoms. The van der Waals surface area contributed by atoms with Gasteiger partial charge in [0.15, 0.2) is 5.82 Å². The molecule has 3 aromatic rings. The Balaban J connectivity index is 1.89. The lowest BCUT2D eigenvalue weighted by molar-refractivity contribution is 0.832. The Morgan fingerprint density at radius 1 is 1.37 bits per heavy atom. The molecule has 19 heavy (non-hydrogen) atoms. The third-order valence-corrected chi connectivity index (χ3v) is 3.63. The number of pyridine rings is 1. The van der Waals surface area contributed by atoms with Gasteiger partial charge >= 0.3 is 0 Å². The van der Waals surface area contributed by atoms with Crippen LogP contribution in [0.3, 0.4) is 0 Å². The van der Waals surface area contributed by atoms with E-state index in [1.165, 1.54) is 11.2 Å². The molecule has 1 unspecified atom stereocenters. The van der Waals surface area contributed by atoms with Gasteiger partial charge in [0.1, 0.15) is 12.7 Å². The highest BCUT2D eigenvalue weighted by Gasteiger charge is 2.11. The molecule has 3 aromatic heterocycles. The van der Waals surface area contributed by atoms with Crippen molar-refractivity contribution >= 4 is 17.0 Å². The number of anilines is 1. The second-order valence-electron chi connectivity index (χ2n) is 3.98. The summed E-state index contributed by atoms with van der Waals surface area (Å²) in [6, 6.07) is 4.03. The Bertz CT molecular complexity index is 634. The molecule has 0 aliphatic carbocycles. The molecule has 1 N–H and O–H groups in total. The summed E-state index contributed by atoms with van der Waals surface area (Å²) in [6.07, 6.45) is 6.73. The van der Waals surface area contributed by atoms with Crippen molar-refractivity contribution in [1.82, 2.24) is 24.7 Å². The summed E-state index contributed by atoms with van der Waals surface area (Å²) < 4.78 is 1.64. The van der Waals surface area contributed by atoms with E-state index in [1.807, 2.05) is 23.8 Å². The van der Waals surface area contributed by atoms with Gasteiger partial charge in [-0.2, -0.15) is 5.10 Å². The molecule has 0 amide bonds. The molecular formula is C12H12N6S. The van der Waals surface area contributed by atoms with Crippen LogP contribution in [0.15, 0.2) is 42.7 Å². The number of aromatic nitrogens is 5. The van der Waals surface area contributed by atoms with Crippen LogP contribution < -0.4 is 5.32 Å². The maximum Gasteiger partial charge on any atom is 0.178 e. The molecule has 0 radical (unpaired) electrons. The van der Waals surface area contributed by atoms with Crippen LogP contribution >= 0.6 is 11.3 Å². The fourth-order valence-electron chi connectivity index (χ4n) is 1.75. The highest BCUT2D eigenvalue weighted by atomic mass is 32.1. The maximum absolute atomic E-state index is 4.34. The first-order valence-electron chi connectivity index (χ1n) is 5.79. The zero-order valence-corrected chi connectivity index (χ0v) is 11.1. The SMILES string of the molecule is CC(Nc1cccnc1-n1cncn1)c1cncs1. The van der Waals surface area contributed by atoms with E-state index < -0.39 is 0 Å². The van der Waals surface area contributed by atoms with Gasteiger partial charge in [0.05, 0.1) is 17.2 Å². The summed E-state index contributed by atoms with van der Waals surface area (Å²) in [5, 5.41) is 7.53. The topological polar surface area (TPSA) is 68.5 Å². The van der Waals surface area contributed by atoms with Crippen molar-refractivity contribution in [2.45, 2.75) is 13.0 Å². The van der Waals surface area contributed by atoms with Crippen LogP contribution in [0.4, 0.5) is 5.69 Å². The minimum absolute atomic E-state index is 0.166. The van der Waals surface area contributed by atoms with E-state index in [9.17, 15) is 0 Å². The van der Waals surface area contributed by atoms with Crippen molar-refractivity contribution in [3.05, 3.63) is 47.6 Å². The van der Waals surface area contributed by atoms with E-state index in [1.54, 1.807) is 28.5 Å². The van der Waals surface area contributed by atoms with Gasteiger partial charge in [-0.25, -0.2) is 14.6 Å². The Morgan fingerprint density at radius 3 is 3.05 bits per heavy atom. The minimum Gasteiger partial charge on any atom is -0.375 e. The number of hydrogen-bond acceptors (Lipinski definition) is 6. The zero-order valence-electron chi connectivity index (χ0n) is 10.3. The second-order valence-corrected chi connectivity index (χ2v) is 4.90. The van der Waals surface area contributed by atoms with Gasteiger partial charge in [0.2, 0.25) is 0 Å². The average molecular weight is 272 g/mol. The van der Waals surface area contributed by atoms with Gasteiger partial charge in [0, 0.05) is 17.3 Å². The fourth-order valence-corrected chi connectivity index (χ4v) is 2.38. The smallest absolute Gasteiger partial charge is 0.178 e. The summed E-state index contributed by atoms with van der Waals surface area (Å²) in [5.74, 6) is 0.733. The number of thiazole rings is 1. The largest absolute Gasteiger partial charge is 0.375 e. The van der Waals surface area contributed by atoms with Crippen molar-refractivity contribution in [3.8, 4) is 5.82 Å². The summed E-state index contributed by atoms with van der Waals surface area (Å²) in [7, 11) is 0. The Labute approximate surface area is 114 Å². The molecule has 0 aliphatic heterocycles. The summed E-state index contributed by atoms with van der Waals surface area (Å²) in [4.78, 5) is 13.6. The van der Waals surface area contributed by atoms with Crippen LogP contribution in [-0.4, -0.2) is 24.7 Å². The van der Waals surface area contributed by atoms with Crippen molar-refractivity contribution < 1.29 is 0 Å². The van der Waals surface area contributed by atoms with Crippen LogP contribution in [-0.2, 0) is 0 Å². The average Bonchev–Trinajstić information content (AvgIpc) is 3.13. The molecule has 6 nitrogen and oxygen atoms in total. The molecule has 0 aliphatic rings. The molecule has 0 spiro atoms. The highest BCUT2D eigenvalue weighted by Crippen LogP contribution is 2.24. The summed E-state index contributed by atoms with van der Waals surface area (Å²) in [5.41, 5.74) is 2.74. The molecule has 0 saturated heterocycles. The lowest BCUT2D eigenvalue weighted by Crippen LogP contribution is -2.09. The van der Waals surface area contributed by atoms with Crippen LogP contribution in [0.25, 0.3) is 5.82 Å². The zero-order chi connectivity index (χ0) is 13.1. The second kappa shape index (κ2) is 5.15. The molecule has 0 saturated carbocycles. The predicted molar refractivity (Wildman–Crippen MR) is 73.3 cm³/mol. The van der Waals surface area contributed by atoms with E-state index in [4.69, 9.17) is 0 Å². The molecule has 0 fully saturated rings. The predicted octanol–water partition coefficient (Wildman–Crippen LogP) is 2.29. The summed E-state index contributed by atoms with van der Waals surface area (Å²) >= 11 is 1.62. The van der Waals surface area contributed by atoms with Gasteiger partial charge in [-0.15, -0.1) is 11.3 Å². The van der Waals surface area contributed by atoms with E-state index >= 15 is 0 Å². The van der Waals surface area contributed by atoms with Crippen LogP contribution in [0, 0.1) is 0 Å². The van der Waals surface area contributed by atoms with E-state index in [0.29, 0.717) is 0 Å². The van der Waals surface area contributed by atoms with Crippen LogP contribution in [0.1, 0.15) is 17.8 Å². The molecule has 3 rings (SSSR count). The number of rotatable bonds is 4. The van der Waals surface area contributed by atoms with Gasteiger partial charge in [-0.1, -0.05) is 0 Å². The fraction of sp³-hybridized carbons (Fsp3) is 0.167. The Kier molecular flexibility index (Phi) is 3.20. The van der Waals surface area contributed by atoms with Gasteiger partial charge in [0.25, 0.3) is 0 Å². The van der Waals surface area contributed by atoms with Crippen molar-refractivity contribution in [1.29, 1.82) is 0 Å². The van der Waals surface area contributed by atoms with Crippen LogP contribution in [0.5, 0.6) is 0 Å². The maximum atomic E-state index is 4.34. The highest BCUT2D eigenvalue weighted by molar-refractivity contribution is 7.09. The molecule has 0 aromatic carbocycles. The third kappa shape index (κ3) is 2.45. The Hall–Kier alpha value is -2.28. The first-order chi connectivity index (χ1) is 9.34. The number of nitrogens with one attached hydrogen (secondary N) is 1. The number of hydrogen-bond donors (Lipinski definition) is 1. The third-order valence-electron chi connectivity index (χ3n) is 2.67. The van der Waals surface area contributed by atoms with Crippen molar-refractivity contribution in [3.63, 3.8) is 0 Å².